The van der Waals surface area contributed by atoms with E-state index in [1.165, 1.54) is 38.4 Å². The maximum Gasteiger partial charge on any atom is 0.161 e. The lowest BCUT2D eigenvalue weighted by Crippen LogP contribution is -2.30. The molecule has 0 aromatic heterocycles. The van der Waals surface area contributed by atoms with E-state index in [1.54, 1.807) is 18.2 Å². The topological polar surface area (TPSA) is 49.4 Å². The van der Waals surface area contributed by atoms with Gasteiger partial charge in [-0.15, -0.1) is 0 Å². The molecule has 1 fully saturated rings. The first-order valence-electron chi connectivity index (χ1n) is 9.29. The van der Waals surface area contributed by atoms with Crippen molar-refractivity contribution in [3.8, 4) is 0 Å². The summed E-state index contributed by atoms with van der Waals surface area (Å²) in [6.45, 7) is 8.06. The molecule has 1 aliphatic rings. The molecule has 0 aliphatic carbocycles. The van der Waals surface area contributed by atoms with Crippen LogP contribution in [-0.2, 0) is 0 Å². The monoisotopic (exact) mass is 354 g/mol. The van der Waals surface area contributed by atoms with Gasteiger partial charge in [0.25, 0.3) is 0 Å². The number of aldehydes is 1. The summed E-state index contributed by atoms with van der Waals surface area (Å²) in [6.07, 6.45) is 8.66. The van der Waals surface area contributed by atoms with E-state index >= 15 is 0 Å². The molecule has 0 amide bonds. The molecule has 1 heterocycles. The first-order valence-corrected chi connectivity index (χ1v) is 9.29. The smallest absolute Gasteiger partial charge is 0.161 e. The summed E-state index contributed by atoms with van der Waals surface area (Å²) in [4.78, 5) is 25.2. The van der Waals surface area contributed by atoms with E-state index < -0.39 is 0 Å². The van der Waals surface area contributed by atoms with Crippen LogP contribution in [0.3, 0.4) is 0 Å². The van der Waals surface area contributed by atoms with Crippen LogP contribution in [0.4, 0.5) is 5.69 Å². The van der Waals surface area contributed by atoms with Gasteiger partial charge in [-0.1, -0.05) is 17.7 Å². The summed E-state index contributed by atoms with van der Waals surface area (Å²) in [5, 5.41) is 3.26. The SMILES string of the molecule is CC(=O)c1ccc(C=O)cc1N/C(C)=C/C=C(\C)CC1CCN(C)CC1. The van der Waals surface area contributed by atoms with Gasteiger partial charge in [0.2, 0.25) is 0 Å². The van der Waals surface area contributed by atoms with E-state index in [0.717, 1.165) is 24.3 Å². The van der Waals surface area contributed by atoms with Crippen molar-refractivity contribution in [1.29, 1.82) is 0 Å². The summed E-state index contributed by atoms with van der Waals surface area (Å²) >= 11 is 0. The number of likely N-dealkylation sites (tertiary alicyclic amines) is 1. The van der Waals surface area contributed by atoms with Crippen molar-refractivity contribution in [3.63, 3.8) is 0 Å². The summed E-state index contributed by atoms with van der Waals surface area (Å²) in [5.41, 5.74) is 4.14. The molecule has 1 N–H and O–H groups in total. The Morgan fingerprint density at radius 2 is 1.88 bits per heavy atom. The summed E-state index contributed by atoms with van der Waals surface area (Å²) < 4.78 is 0. The average molecular weight is 354 g/mol. The summed E-state index contributed by atoms with van der Waals surface area (Å²) in [5.74, 6) is 0.754. The van der Waals surface area contributed by atoms with Crippen molar-refractivity contribution in [3.05, 3.63) is 52.7 Å². The van der Waals surface area contributed by atoms with Crippen molar-refractivity contribution in [2.24, 2.45) is 5.92 Å². The Morgan fingerprint density at radius 3 is 2.50 bits per heavy atom. The van der Waals surface area contributed by atoms with E-state index in [2.05, 4.69) is 30.3 Å². The number of rotatable bonds is 7. The van der Waals surface area contributed by atoms with Gasteiger partial charge in [-0.25, -0.2) is 0 Å². The number of allylic oxidation sites excluding steroid dienone is 4. The van der Waals surface area contributed by atoms with Gasteiger partial charge in [-0.3, -0.25) is 9.59 Å². The number of Topliss-reactive ketones (excluding diaryl/α,β-unsaturated/α-hetero) is 1. The first-order chi connectivity index (χ1) is 12.4. The van der Waals surface area contributed by atoms with Crippen LogP contribution in [0.15, 0.2) is 41.6 Å². The molecule has 0 unspecified atom stereocenters. The zero-order valence-corrected chi connectivity index (χ0v) is 16.3. The van der Waals surface area contributed by atoms with Gasteiger partial charge in [0.05, 0.1) is 0 Å². The maximum atomic E-state index is 11.8. The molecule has 2 rings (SSSR count). The summed E-state index contributed by atoms with van der Waals surface area (Å²) in [7, 11) is 2.19. The Kier molecular flexibility index (Phi) is 7.34. The van der Waals surface area contributed by atoms with Crippen LogP contribution in [0.25, 0.3) is 0 Å². The second-order valence-electron chi connectivity index (χ2n) is 7.42. The van der Waals surface area contributed by atoms with E-state index in [4.69, 9.17) is 0 Å². The van der Waals surface area contributed by atoms with Crippen molar-refractivity contribution >= 4 is 17.8 Å². The highest BCUT2D eigenvalue weighted by molar-refractivity contribution is 6.00. The van der Waals surface area contributed by atoms with Gasteiger partial charge in [-0.2, -0.15) is 0 Å². The normalized spacial score (nSPS) is 17.2. The zero-order chi connectivity index (χ0) is 19.1. The third kappa shape index (κ3) is 5.95. The maximum absolute atomic E-state index is 11.8. The molecular formula is C22H30N2O2. The lowest BCUT2D eigenvalue weighted by molar-refractivity contribution is 0.101. The minimum absolute atomic E-state index is 0.0215. The molecular weight excluding hydrogens is 324 g/mol. The molecule has 0 atom stereocenters. The van der Waals surface area contributed by atoms with E-state index in [0.29, 0.717) is 16.8 Å². The molecule has 0 spiro atoms. The zero-order valence-electron chi connectivity index (χ0n) is 16.3. The number of benzene rings is 1. The highest BCUT2D eigenvalue weighted by atomic mass is 16.1. The Balaban J connectivity index is 2.03. The highest BCUT2D eigenvalue weighted by Crippen LogP contribution is 2.24. The third-order valence-electron chi connectivity index (χ3n) is 4.96. The second-order valence-corrected chi connectivity index (χ2v) is 7.42. The number of carbonyl (C=O) groups excluding carboxylic acids is 2. The number of hydrogen-bond donors (Lipinski definition) is 1. The third-order valence-corrected chi connectivity index (χ3v) is 4.96. The van der Waals surface area contributed by atoms with Crippen LogP contribution < -0.4 is 5.32 Å². The predicted molar refractivity (Wildman–Crippen MR) is 108 cm³/mol. The molecule has 0 bridgehead atoms. The predicted octanol–water partition coefficient (Wildman–Crippen LogP) is 4.70. The molecule has 26 heavy (non-hydrogen) atoms. The van der Waals surface area contributed by atoms with Crippen LogP contribution in [0.1, 0.15) is 60.7 Å². The van der Waals surface area contributed by atoms with Crippen molar-refractivity contribution < 1.29 is 9.59 Å². The Bertz CT molecular complexity index is 711. The fourth-order valence-corrected chi connectivity index (χ4v) is 3.36. The fourth-order valence-electron chi connectivity index (χ4n) is 3.36. The minimum Gasteiger partial charge on any atom is -0.359 e. The van der Waals surface area contributed by atoms with Crippen LogP contribution in [0, 0.1) is 5.92 Å². The molecule has 140 valence electrons. The molecule has 1 aromatic carbocycles. The van der Waals surface area contributed by atoms with Gasteiger partial charge in [0.1, 0.15) is 6.29 Å². The van der Waals surface area contributed by atoms with Crippen molar-refractivity contribution in [2.45, 2.75) is 40.0 Å². The molecule has 4 heteroatoms. The van der Waals surface area contributed by atoms with E-state index in [1.807, 2.05) is 13.0 Å². The number of ketones is 1. The van der Waals surface area contributed by atoms with E-state index in [9.17, 15) is 9.59 Å². The lowest BCUT2D eigenvalue weighted by atomic mass is 9.90. The molecule has 4 nitrogen and oxygen atoms in total. The van der Waals surface area contributed by atoms with Crippen LogP contribution >= 0.6 is 0 Å². The van der Waals surface area contributed by atoms with Crippen LogP contribution in [0.2, 0.25) is 0 Å². The standard InChI is InChI=1S/C22H30N2O2/c1-16(13-19-9-11-24(4)12-10-19)5-6-17(2)23-22-14-20(15-25)7-8-21(22)18(3)26/h5-8,14-15,19,23H,9-13H2,1-4H3/b16-5+,17-6+. The average Bonchev–Trinajstić information content (AvgIpc) is 2.61. The number of carbonyl (C=O) groups is 2. The molecule has 0 radical (unpaired) electrons. The van der Waals surface area contributed by atoms with Gasteiger partial charge in [0.15, 0.2) is 5.78 Å². The first kappa shape index (κ1) is 20.1. The Hall–Kier alpha value is -2.20. The quantitative estimate of drug-likeness (QED) is 0.438. The minimum atomic E-state index is -0.0215. The summed E-state index contributed by atoms with van der Waals surface area (Å²) in [6, 6.07) is 5.08. The second kappa shape index (κ2) is 9.48. The van der Waals surface area contributed by atoms with Gasteiger partial charge < -0.3 is 10.2 Å². The van der Waals surface area contributed by atoms with Crippen molar-refractivity contribution in [2.75, 3.05) is 25.5 Å². The molecule has 1 saturated heterocycles. The largest absolute Gasteiger partial charge is 0.359 e. The molecule has 0 saturated carbocycles. The van der Waals surface area contributed by atoms with Crippen LogP contribution in [0.5, 0.6) is 0 Å². The number of nitrogens with zero attached hydrogens (tertiary/aromatic N) is 1. The number of hydrogen-bond acceptors (Lipinski definition) is 4. The Morgan fingerprint density at radius 1 is 1.19 bits per heavy atom. The highest BCUT2D eigenvalue weighted by Gasteiger charge is 2.16. The molecule has 1 aliphatic heterocycles. The fraction of sp³-hybridized carbons (Fsp3) is 0.455. The van der Waals surface area contributed by atoms with Crippen LogP contribution in [-0.4, -0.2) is 37.1 Å². The van der Waals surface area contributed by atoms with Gasteiger partial charge in [-0.05, 0) is 84.3 Å². The number of nitrogens with one attached hydrogen (secondary N) is 1. The lowest BCUT2D eigenvalue weighted by Gasteiger charge is -2.29. The van der Waals surface area contributed by atoms with Crippen molar-refractivity contribution in [1.82, 2.24) is 4.90 Å². The van der Waals surface area contributed by atoms with Gasteiger partial charge in [0, 0.05) is 22.5 Å². The number of piperidine rings is 1. The Labute approximate surface area is 157 Å². The number of anilines is 1. The van der Waals surface area contributed by atoms with E-state index in [-0.39, 0.29) is 5.78 Å². The molecule has 1 aromatic rings. The van der Waals surface area contributed by atoms with Gasteiger partial charge >= 0.3 is 0 Å².